The normalized spacial score (nSPS) is 18.6. The topological polar surface area (TPSA) is 37.6 Å². The third-order valence-corrected chi connectivity index (χ3v) is 5.11. The lowest BCUT2D eigenvalue weighted by Gasteiger charge is -2.28. The van der Waals surface area contributed by atoms with Crippen molar-refractivity contribution in [2.24, 2.45) is 0 Å². The maximum Gasteiger partial charge on any atom is 0.159 e. The van der Waals surface area contributed by atoms with E-state index >= 15 is 0 Å². The molecule has 0 spiro atoms. The summed E-state index contributed by atoms with van der Waals surface area (Å²) >= 11 is 0. The van der Waals surface area contributed by atoms with Gasteiger partial charge in [0.15, 0.2) is 5.78 Å². The molecule has 0 aliphatic carbocycles. The summed E-state index contributed by atoms with van der Waals surface area (Å²) in [7, 11) is 2.18. The van der Waals surface area contributed by atoms with Crippen LogP contribution in [0.25, 0.3) is 16.8 Å². The molecule has 25 heavy (non-hydrogen) atoms. The molecular weight excluding hydrogens is 310 g/mol. The van der Waals surface area contributed by atoms with Crippen LogP contribution in [0.1, 0.15) is 41.9 Å². The van der Waals surface area contributed by atoms with Crippen molar-refractivity contribution in [3.63, 3.8) is 0 Å². The molecular formula is C21H23N3O. The summed E-state index contributed by atoms with van der Waals surface area (Å²) in [6, 6.07) is 14.0. The van der Waals surface area contributed by atoms with Crippen molar-refractivity contribution in [2.45, 2.75) is 25.7 Å². The molecule has 1 unspecified atom stereocenters. The molecule has 1 aromatic carbocycles. The Hall–Kier alpha value is -2.46. The summed E-state index contributed by atoms with van der Waals surface area (Å²) in [5.41, 5.74) is 3.80. The monoisotopic (exact) mass is 333 g/mol. The second kappa shape index (κ2) is 6.45. The predicted octanol–water partition coefficient (Wildman–Crippen LogP) is 4.01. The van der Waals surface area contributed by atoms with Crippen molar-refractivity contribution >= 4 is 11.3 Å². The van der Waals surface area contributed by atoms with Crippen LogP contribution in [-0.4, -0.2) is 40.2 Å². The van der Waals surface area contributed by atoms with E-state index in [4.69, 9.17) is 4.98 Å². The van der Waals surface area contributed by atoms with Gasteiger partial charge in [0.25, 0.3) is 0 Å². The molecule has 0 N–H and O–H groups in total. The lowest BCUT2D eigenvalue weighted by Crippen LogP contribution is -2.31. The minimum absolute atomic E-state index is 0.0829. The quantitative estimate of drug-likeness (QED) is 0.680. The number of likely N-dealkylation sites (N-methyl/N-ethyl adjacent to an activating group) is 1. The number of aromatic nitrogens is 2. The Morgan fingerprint density at radius 2 is 2.08 bits per heavy atom. The Kier molecular flexibility index (Phi) is 4.14. The van der Waals surface area contributed by atoms with Gasteiger partial charge in [-0.15, -0.1) is 0 Å². The minimum Gasteiger partial charge on any atom is -0.306 e. The molecule has 1 aliphatic heterocycles. The molecule has 4 rings (SSSR count). The van der Waals surface area contributed by atoms with Crippen LogP contribution in [0.4, 0.5) is 0 Å². The van der Waals surface area contributed by atoms with Gasteiger partial charge in [0.1, 0.15) is 5.82 Å². The van der Waals surface area contributed by atoms with Gasteiger partial charge in [-0.25, -0.2) is 4.98 Å². The second-order valence-electron chi connectivity index (χ2n) is 7.01. The number of likely N-dealkylation sites (tertiary alicyclic amines) is 1. The lowest BCUT2D eigenvalue weighted by atomic mass is 9.98. The average Bonchev–Trinajstić information content (AvgIpc) is 3.01. The fraction of sp³-hybridized carbons (Fsp3) is 0.333. The van der Waals surface area contributed by atoms with Crippen LogP contribution in [0.2, 0.25) is 0 Å². The van der Waals surface area contributed by atoms with Crippen LogP contribution in [0.15, 0.2) is 48.7 Å². The summed E-state index contributed by atoms with van der Waals surface area (Å²) < 4.78 is 2.22. The van der Waals surface area contributed by atoms with E-state index in [9.17, 15) is 4.79 Å². The highest BCUT2D eigenvalue weighted by molar-refractivity contribution is 5.95. The maximum absolute atomic E-state index is 11.8. The molecule has 3 heterocycles. The van der Waals surface area contributed by atoms with Gasteiger partial charge in [0, 0.05) is 29.8 Å². The third kappa shape index (κ3) is 2.98. The number of pyridine rings is 1. The number of hydrogen-bond donors (Lipinski definition) is 0. The highest BCUT2D eigenvalue weighted by atomic mass is 16.1. The van der Waals surface area contributed by atoms with E-state index in [2.05, 4.69) is 34.7 Å². The van der Waals surface area contributed by atoms with Crippen molar-refractivity contribution < 1.29 is 4.79 Å². The molecule has 0 amide bonds. The molecule has 128 valence electrons. The van der Waals surface area contributed by atoms with Gasteiger partial charge in [-0.3, -0.25) is 4.79 Å². The molecule has 0 radical (unpaired) electrons. The summed E-state index contributed by atoms with van der Waals surface area (Å²) in [6.07, 6.45) is 4.48. The van der Waals surface area contributed by atoms with Gasteiger partial charge in [-0.2, -0.15) is 0 Å². The van der Waals surface area contributed by atoms with Gasteiger partial charge >= 0.3 is 0 Å². The second-order valence-corrected chi connectivity index (χ2v) is 7.01. The Morgan fingerprint density at radius 1 is 1.20 bits per heavy atom. The van der Waals surface area contributed by atoms with Gasteiger partial charge in [-0.05, 0) is 51.6 Å². The van der Waals surface area contributed by atoms with E-state index in [1.807, 2.05) is 30.3 Å². The summed E-state index contributed by atoms with van der Waals surface area (Å²) in [5.74, 6) is 1.66. The lowest BCUT2D eigenvalue weighted by molar-refractivity contribution is 0.101. The fourth-order valence-corrected chi connectivity index (χ4v) is 3.82. The van der Waals surface area contributed by atoms with Gasteiger partial charge in [0.2, 0.25) is 0 Å². The highest BCUT2D eigenvalue weighted by Gasteiger charge is 2.24. The van der Waals surface area contributed by atoms with Gasteiger partial charge < -0.3 is 9.30 Å². The van der Waals surface area contributed by atoms with Crippen LogP contribution in [0.5, 0.6) is 0 Å². The molecule has 4 heteroatoms. The first-order valence-electron chi connectivity index (χ1n) is 8.90. The number of nitrogens with zero attached hydrogens (tertiary/aromatic N) is 3. The van der Waals surface area contributed by atoms with E-state index in [1.54, 1.807) is 6.92 Å². The van der Waals surface area contributed by atoms with Crippen molar-refractivity contribution in [1.82, 2.24) is 14.3 Å². The smallest absolute Gasteiger partial charge is 0.159 e. The zero-order chi connectivity index (χ0) is 17.4. The number of imidazole rings is 1. The first-order chi connectivity index (χ1) is 12.1. The summed E-state index contributed by atoms with van der Waals surface area (Å²) in [5, 5.41) is 0. The van der Waals surface area contributed by atoms with E-state index in [0.717, 1.165) is 41.3 Å². The number of carbonyl (C=O) groups excluding carboxylic acids is 1. The first-order valence-corrected chi connectivity index (χ1v) is 8.90. The van der Waals surface area contributed by atoms with E-state index in [-0.39, 0.29) is 5.78 Å². The predicted molar refractivity (Wildman–Crippen MR) is 100 cm³/mol. The zero-order valence-corrected chi connectivity index (χ0v) is 14.8. The molecule has 1 atom stereocenters. The van der Waals surface area contributed by atoms with Crippen LogP contribution < -0.4 is 0 Å². The Balaban J connectivity index is 1.85. The van der Waals surface area contributed by atoms with Crippen LogP contribution in [0, 0.1) is 0 Å². The number of ketones is 1. The number of Topliss-reactive ketones (excluding diaryl/α,β-unsaturated/α-hetero) is 1. The van der Waals surface area contributed by atoms with Crippen molar-refractivity contribution in [1.29, 1.82) is 0 Å². The van der Waals surface area contributed by atoms with Crippen LogP contribution >= 0.6 is 0 Å². The number of carbonyl (C=O) groups is 1. The number of piperidine rings is 1. The van der Waals surface area contributed by atoms with Gasteiger partial charge in [0.05, 0.1) is 11.2 Å². The van der Waals surface area contributed by atoms with Gasteiger partial charge in [-0.1, -0.05) is 24.3 Å². The number of rotatable bonds is 3. The molecule has 0 saturated carbocycles. The zero-order valence-electron chi connectivity index (χ0n) is 14.8. The Labute approximate surface area is 148 Å². The molecule has 0 bridgehead atoms. The summed E-state index contributed by atoms with van der Waals surface area (Å²) in [4.78, 5) is 19.2. The SMILES string of the molecule is CC(=O)c1cccc(-c2nc(C3CCCN(C)C3)n3ccccc23)c1. The van der Waals surface area contributed by atoms with E-state index in [0.29, 0.717) is 5.92 Å². The minimum atomic E-state index is 0.0829. The maximum atomic E-state index is 11.8. The van der Waals surface area contributed by atoms with Crippen molar-refractivity contribution in [2.75, 3.05) is 20.1 Å². The van der Waals surface area contributed by atoms with Crippen LogP contribution in [-0.2, 0) is 0 Å². The van der Waals surface area contributed by atoms with E-state index in [1.165, 1.54) is 12.8 Å². The molecule has 1 fully saturated rings. The summed E-state index contributed by atoms with van der Waals surface area (Å²) in [6.45, 7) is 3.81. The third-order valence-electron chi connectivity index (χ3n) is 5.11. The Bertz CT molecular complexity index is 928. The van der Waals surface area contributed by atoms with Crippen molar-refractivity contribution in [3.05, 3.63) is 60.0 Å². The average molecular weight is 333 g/mol. The molecule has 4 nitrogen and oxygen atoms in total. The molecule has 1 aliphatic rings. The highest BCUT2D eigenvalue weighted by Crippen LogP contribution is 2.32. The number of hydrogen-bond acceptors (Lipinski definition) is 3. The number of fused-ring (bicyclic) bond motifs is 1. The standard InChI is InChI=1S/C21H23N3O/c1-15(25)16-7-5-8-17(13-16)20-19-10-3-4-12-24(19)21(22-20)18-9-6-11-23(2)14-18/h3-5,7-8,10,12-13,18H,6,9,11,14H2,1-2H3. The van der Waals surface area contributed by atoms with Crippen LogP contribution in [0.3, 0.4) is 0 Å². The van der Waals surface area contributed by atoms with E-state index < -0.39 is 0 Å². The number of benzene rings is 1. The molecule has 1 saturated heterocycles. The first kappa shape index (κ1) is 16.0. The molecule has 2 aromatic heterocycles. The molecule has 3 aromatic rings. The fourth-order valence-electron chi connectivity index (χ4n) is 3.82. The van der Waals surface area contributed by atoms with Crippen molar-refractivity contribution in [3.8, 4) is 11.3 Å². The largest absolute Gasteiger partial charge is 0.306 e. The Morgan fingerprint density at radius 3 is 2.88 bits per heavy atom.